The van der Waals surface area contributed by atoms with Gasteiger partial charge in [0.15, 0.2) is 0 Å². The van der Waals surface area contributed by atoms with Crippen LogP contribution in [0.1, 0.15) is 0 Å². The second-order valence-corrected chi connectivity index (χ2v) is 4.55. The van der Waals surface area contributed by atoms with Crippen molar-refractivity contribution in [2.45, 2.75) is 0 Å². The van der Waals surface area contributed by atoms with Crippen molar-refractivity contribution in [2.24, 2.45) is 0 Å². The maximum Gasteiger partial charge on any atom is 0.124 e. The Morgan fingerprint density at radius 3 is 2.94 bits per heavy atom. The molecule has 1 nitrogen and oxygen atoms in total. The summed E-state index contributed by atoms with van der Waals surface area (Å²) in [6.07, 6.45) is 0. The molecule has 0 aliphatic carbocycles. The van der Waals surface area contributed by atoms with Crippen molar-refractivity contribution in [1.82, 2.24) is 0 Å². The Hall–Kier alpha value is -1.80. The van der Waals surface area contributed by atoms with Crippen LogP contribution in [0, 0.1) is 6.07 Å². The summed E-state index contributed by atoms with van der Waals surface area (Å²) in [6, 6.07) is 16.6. The highest BCUT2D eigenvalue weighted by Crippen LogP contribution is 2.31. The minimum atomic E-state index is 0.275. The Labute approximate surface area is 97.6 Å². The molecular weight excluding hydrogens is 216 g/mol. The van der Waals surface area contributed by atoms with Crippen molar-refractivity contribution in [3.05, 3.63) is 53.9 Å². The lowest BCUT2D eigenvalue weighted by molar-refractivity contribution is 0.477. The van der Waals surface area contributed by atoms with Crippen molar-refractivity contribution in [1.29, 1.82) is 0 Å². The molecule has 3 rings (SSSR count). The van der Waals surface area contributed by atoms with Gasteiger partial charge in [0, 0.05) is 10.3 Å². The largest absolute Gasteiger partial charge is 0.507 e. The van der Waals surface area contributed by atoms with Gasteiger partial charge in [-0.15, -0.1) is 11.3 Å². The molecule has 0 atom stereocenters. The fraction of sp³-hybridized carbons (Fsp3) is 0. The zero-order valence-corrected chi connectivity index (χ0v) is 9.29. The zero-order chi connectivity index (χ0) is 11.0. The molecule has 0 bridgehead atoms. The molecule has 0 saturated carbocycles. The molecule has 0 amide bonds. The topological polar surface area (TPSA) is 20.2 Å². The lowest BCUT2D eigenvalue weighted by Crippen LogP contribution is -1.78. The Morgan fingerprint density at radius 2 is 2.06 bits per heavy atom. The molecule has 1 N–H and O–H groups in total. The Morgan fingerprint density at radius 1 is 1.12 bits per heavy atom. The molecular formula is C14H9OS. The molecule has 0 unspecified atom stereocenters. The monoisotopic (exact) mass is 225 g/mol. The Kier molecular flexibility index (Phi) is 2.15. The number of thiophene rings is 1. The maximum atomic E-state index is 9.76. The van der Waals surface area contributed by atoms with Gasteiger partial charge < -0.3 is 5.11 Å². The maximum absolute atomic E-state index is 9.76. The fourth-order valence-electron chi connectivity index (χ4n) is 1.78. The van der Waals surface area contributed by atoms with Gasteiger partial charge in [-0.25, -0.2) is 0 Å². The molecule has 2 heteroatoms. The first-order valence-corrected chi connectivity index (χ1v) is 5.90. The van der Waals surface area contributed by atoms with E-state index in [9.17, 15) is 5.11 Å². The van der Waals surface area contributed by atoms with Gasteiger partial charge >= 0.3 is 0 Å². The van der Waals surface area contributed by atoms with E-state index in [1.54, 1.807) is 23.5 Å². The summed E-state index contributed by atoms with van der Waals surface area (Å²) >= 11 is 1.72. The molecule has 0 saturated heterocycles. The first-order chi connectivity index (χ1) is 7.84. The normalized spacial score (nSPS) is 10.8. The minimum absolute atomic E-state index is 0.275. The third kappa shape index (κ3) is 1.48. The quantitative estimate of drug-likeness (QED) is 0.661. The molecule has 1 radical (unpaired) electrons. The van der Waals surface area contributed by atoms with Gasteiger partial charge in [0.25, 0.3) is 0 Å². The molecule has 77 valence electrons. The van der Waals surface area contributed by atoms with Crippen molar-refractivity contribution in [3.63, 3.8) is 0 Å². The third-order valence-corrected chi connectivity index (χ3v) is 3.47. The van der Waals surface area contributed by atoms with E-state index in [0.29, 0.717) is 0 Å². The van der Waals surface area contributed by atoms with Gasteiger partial charge in [-0.1, -0.05) is 18.2 Å². The highest BCUT2D eigenvalue weighted by Gasteiger charge is 2.04. The number of aromatic hydroxyl groups is 1. The van der Waals surface area contributed by atoms with E-state index in [2.05, 4.69) is 29.6 Å². The number of phenols is 1. The average molecular weight is 225 g/mol. The summed E-state index contributed by atoms with van der Waals surface area (Å²) in [5, 5.41) is 13.0. The van der Waals surface area contributed by atoms with Gasteiger partial charge in [0.05, 0.1) is 0 Å². The fourth-order valence-corrected chi connectivity index (χ4v) is 2.55. The lowest BCUT2D eigenvalue weighted by atomic mass is 10.0. The highest BCUT2D eigenvalue weighted by atomic mass is 32.1. The van der Waals surface area contributed by atoms with Crippen molar-refractivity contribution < 1.29 is 5.11 Å². The van der Waals surface area contributed by atoms with Crippen LogP contribution in [0.4, 0.5) is 0 Å². The second kappa shape index (κ2) is 3.65. The molecule has 1 aromatic heterocycles. The first-order valence-electron chi connectivity index (χ1n) is 5.02. The SMILES string of the molecule is Oc1ccc[c]c1-c1ccc2sccc2c1. The van der Waals surface area contributed by atoms with Crippen LogP contribution in [0.25, 0.3) is 21.2 Å². The standard InChI is InChI=1S/C14H9OS/c15-13-4-2-1-3-12(13)10-5-6-14-11(9-10)7-8-16-14/h1-2,4-9,15H. The summed E-state index contributed by atoms with van der Waals surface area (Å²) in [5.41, 5.74) is 1.76. The second-order valence-electron chi connectivity index (χ2n) is 3.60. The van der Waals surface area contributed by atoms with Crippen LogP contribution in [-0.2, 0) is 0 Å². The van der Waals surface area contributed by atoms with E-state index >= 15 is 0 Å². The van der Waals surface area contributed by atoms with E-state index < -0.39 is 0 Å². The van der Waals surface area contributed by atoms with Crippen LogP contribution >= 0.6 is 11.3 Å². The molecule has 2 aromatic carbocycles. The summed E-state index contributed by atoms with van der Waals surface area (Å²) < 4.78 is 1.26. The highest BCUT2D eigenvalue weighted by molar-refractivity contribution is 7.17. The number of hydrogen-bond donors (Lipinski definition) is 1. The van der Waals surface area contributed by atoms with E-state index in [1.807, 2.05) is 12.1 Å². The molecule has 1 heterocycles. The van der Waals surface area contributed by atoms with Crippen LogP contribution in [-0.4, -0.2) is 5.11 Å². The zero-order valence-electron chi connectivity index (χ0n) is 8.47. The summed E-state index contributed by atoms with van der Waals surface area (Å²) in [7, 11) is 0. The first kappa shape index (κ1) is 9.43. The van der Waals surface area contributed by atoms with Crippen molar-refractivity contribution >= 4 is 21.4 Å². The minimum Gasteiger partial charge on any atom is -0.507 e. The summed E-state index contributed by atoms with van der Waals surface area (Å²) in [5.74, 6) is 0.275. The van der Waals surface area contributed by atoms with Gasteiger partial charge in [-0.3, -0.25) is 0 Å². The predicted molar refractivity (Wildman–Crippen MR) is 67.8 cm³/mol. The lowest BCUT2D eigenvalue weighted by Gasteiger charge is -2.03. The van der Waals surface area contributed by atoms with Crippen LogP contribution in [0.2, 0.25) is 0 Å². The summed E-state index contributed by atoms with van der Waals surface area (Å²) in [4.78, 5) is 0. The van der Waals surface area contributed by atoms with Crippen molar-refractivity contribution in [3.8, 4) is 16.9 Å². The number of rotatable bonds is 1. The van der Waals surface area contributed by atoms with E-state index in [-0.39, 0.29) is 5.75 Å². The van der Waals surface area contributed by atoms with E-state index in [1.165, 1.54) is 10.1 Å². The number of phenolic OH excluding ortho intramolecular Hbond substituents is 1. The van der Waals surface area contributed by atoms with Gasteiger partial charge in [-0.05, 0) is 46.7 Å². The van der Waals surface area contributed by atoms with E-state index in [4.69, 9.17) is 0 Å². The van der Waals surface area contributed by atoms with Crippen LogP contribution < -0.4 is 0 Å². The third-order valence-electron chi connectivity index (χ3n) is 2.58. The number of benzene rings is 2. The summed E-state index contributed by atoms with van der Waals surface area (Å²) in [6.45, 7) is 0. The molecule has 3 aromatic rings. The van der Waals surface area contributed by atoms with Crippen LogP contribution in [0.5, 0.6) is 5.75 Å². The molecule has 0 aliphatic heterocycles. The van der Waals surface area contributed by atoms with Gasteiger partial charge in [-0.2, -0.15) is 0 Å². The number of fused-ring (bicyclic) bond motifs is 1. The van der Waals surface area contributed by atoms with Crippen LogP contribution in [0.15, 0.2) is 47.8 Å². The Balaban J connectivity index is 2.22. The Bertz CT molecular complexity index is 640. The van der Waals surface area contributed by atoms with Crippen molar-refractivity contribution in [2.75, 3.05) is 0 Å². The smallest absolute Gasteiger partial charge is 0.124 e. The molecule has 0 fully saturated rings. The van der Waals surface area contributed by atoms with Gasteiger partial charge in [0.2, 0.25) is 0 Å². The van der Waals surface area contributed by atoms with Crippen LogP contribution in [0.3, 0.4) is 0 Å². The van der Waals surface area contributed by atoms with E-state index in [0.717, 1.165) is 11.1 Å². The number of hydrogen-bond acceptors (Lipinski definition) is 2. The molecule has 0 spiro atoms. The predicted octanol–water partition coefficient (Wildman–Crippen LogP) is 4.07. The average Bonchev–Trinajstić information content (AvgIpc) is 2.76. The molecule has 16 heavy (non-hydrogen) atoms. The molecule has 0 aliphatic rings. The van der Waals surface area contributed by atoms with Gasteiger partial charge in [0.1, 0.15) is 5.75 Å².